The molecule has 1 atom stereocenters. The normalized spacial score (nSPS) is 23.5. The van der Waals surface area contributed by atoms with Gasteiger partial charge in [0.05, 0.1) is 18.2 Å². The fraction of sp³-hybridized carbons (Fsp3) is 0.600. The van der Waals surface area contributed by atoms with Crippen molar-refractivity contribution in [2.75, 3.05) is 6.61 Å². The number of hydrogen-bond donors (Lipinski definition) is 0. The van der Waals surface area contributed by atoms with Crippen LogP contribution in [0.4, 0.5) is 0 Å². The molecule has 1 unspecified atom stereocenters. The lowest BCUT2D eigenvalue weighted by molar-refractivity contribution is -0.145. The van der Waals surface area contributed by atoms with Crippen LogP contribution in [0.2, 0.25) is 0 Å². The molecular formula is C15H20BrNO2. The molecule has 1 aromatic rings. The van der Waals surface area contributed by atoms with E-state index in [4.69, 9.17) is 4.74 Å². The van der Waals surface area contributed by atoms with Crippen LogP contribution in [0.5, 0.6) is 0 Å². The molecule has 0 aromatic carbocycles. The van der Waals surface area contributed by atoms with Gasteiger partial charge in [-0.05, 0) is 66.1 Å². The van der Waals surface area contributed by atoms with Gasteiger partial charge in [-0.15, -0.1) is 0 Å². The van der Waals surface area contributed by atoms with Crippen molar-refractivity contribution in [3.63, 3.8) is 0 Å². The van der Waals surface area contributed by atoms with E-state index < -0.39 is 0 Å². The molecule has 1 aliphatic carbocycles. The van der Waals surface area contributed by atoms with Gasteiger partial charge in [0.25, 0.3) is 0 Å². The summed E-state index contributed by atoms with van der Waals surface area (Å²) in [6.45, 7) is 4.52. The van der Waals surface area contributed by atoms with E-state index in [-0.39, 0.29) is 11.9 Å². The minimum Gasteiger partial charge on any atom is -0.465 e. The number of carbonyl (C=O) groups is 1. The predicted octanol–water partition coefficient (Wildman–Crippen LogP) is 3.93. The highest BCUT2D eigenvalue weighted by atomic mass is 79.9. The van der Waals surface area contributed by atoms with Crippen molar-refractivity contribution < 1.29 is 9.53 Å². The van der Waals surface area contributed by atoms with E-state index in [1.807, 2.05) is 19.1 Å². The molecule has 0 saturated heterocycles. The molecule has 0 aliphatic heterocycles. The number of aromatic nitrogens is 1. The van der Waals surface area contributed by atoms with Crippen LogP contribution in [0, 0.1) is 11.8 Å². The molecule has 1 saturated carbocycles. The monoisotopic (exact) mass is 325 g/mol. The van der Waals surface area contributed by atoms with Gasteiger partial charge in [0.15, 0.2) is 0 Å². The van der Waals surface area contributed by atoms with Crippen molar-refractivity contribution in [1.82, 2.24) is 4.98 Å². The van der Waals surface area contributed by atoms with Gasteiger partial charge < -0.3 is 4.74 Å². The highest BCUT2D eigenvalue weighted by Crippen LogP contribution is 2.40. The molecular weight excluding hydrogens is 306 g/mol. The number of carbonyl (C=O) groups excluding carboxylic acids is 1. The van der Waals surface area contributed by atoms with Crippen LogP contribution in [-0.4, -0.2) is 17.6 Å². The lowest BCUT2D eigenvalue weighted by atomic mass is 9.71. The molecule has 4 heteroatoms. The summed E-state index contributed by atoms with van der Waals surface area (Å²) in [5.41, 5.74) is 0.821. The number of pyridine rings is 1. The standard InChI is InChI=1S/C15H20BrNO2/c1-3-19-15(18)13(8-11-6-10(2)7-11)14-5-4-12(16)9-17-14/h4-5,9-11,13H,3,6-8H2,1-2H3. The number of ether oxygens (including phenoxy) is 1. The molecule has 1 fully saturated rings. The van der Waals surface area contributed by atoms with Crippen molar-refractivity contribution in [2.45, 2.75) is 39.0 Å². The Labute approximate surface area is 122 Å². The number of hydrogen-bond acceptors (Lipinski definition) is 3. The van der Waals surface area contributed by atoms with Gasteiger partial charge in [-0.25, -0.2) is 0 Å². The number of rotatable bonds is 5. The van der Waals surface area contributed by atoms with Crippen LogP contribution in [0.1, 0.15) is 44.7 Å². The van der Waals surface area contributed by atoms with E-state index in [0.717, 1.165) is 22.5 Å². The SMILES string of the molecule is CCOC(=O)C(CC1CC(C)C1)c1ccc(Br)cn1. The minimum absolute atomic E-state index is 0.142. The fourth-order valence-corrected chi connectivity index (χ4v) is 3.00. The number of esters is 1. The first-order chi connectivity index (χ1) is 9.10. The second-order valence-corrected chi connectivity index (χ2v) is 6.30. The van der Waals surface area contributed by atoms with Gasteiger partial charge in [0, 0.05) is 10.7 Å². The maximum atomic E-state index is 12.1. The van der Waals surface area contributed by atoms with E-state index in [1.54, 1.807) is 6.20 Å². The summed E-state index contributed by atoms with van der Waals surface area (Å²) in [5.74, 6) is 1.07. The first kappa shape index (κ1) is 14.5. The van der Waals surface area contributed by atoms with E-state index in [0.29, 0.717) is 12.5 Å². The summed E-state index contributed by atoms with van der Waals surface area (Å²) in [7, 11) is 0. The molecule has 0 spiro atoms. The second-order valence-electron chi connectivity index (χ2n) is 5.38. The first-order valence-electron chi connectivity index (χ1n) is 6.88. The topological polar surface area (TPSA) is 39.2 Å². The minimum atomic E-state index is -0.217. The molecule has 1 aliphatic rings. The third-order valence-electron chi connectivity index (χ3n) is 3.72. The van der Waals surface area contributed by atoms with Gasteiger partial charge in [-0.2, -0.15) is 0 Å². The Morgan fingerprint density at radius 1 is 1.53 bits per heavy atom. The quantitative estimate of drug-likeness (QED) is 0.770. The Kier molecular flexibility index (Phi) is 4.97. The van der Waals surface area contributed by atoms with Crippen LogP contribution in [0.15, 0.2) is 22.8 Å². The lowest BCUT2D eigenvalue weighted by Crippen LogP contribution is -2.27. The van der Waals surface area contributed by atoms with Crippen LogP contribution in [0.25, 0.3) is 0 Å². The average Bonchev–Trinajstić information content (AvgIpc) is 2.35. The van der Waals surface area contributed by atoms with Gasteiger partial charge in [-0.1, -0.05) is 6.92 Å². The molecule has 2 rings (SSSR count). The Bertz CT molecular complexity index is 426. The molecule has 3 nitrogen and oxygen atoms in total. The zero-order valence-corrected chi connectivity index (χ0v) is 13.0. The highest BCUT2D eigenvalue weighted by Gasteiger charge is 2.32. The van der Waals surface area contributed by atoms with E-state index >= 15 is 0 Å². The highest BCUT2D eigenvalue weighted by molar-refractivity contribution is 9.10. The van der Waals surface area contributed by atoms with E-state index in [9.17, 15) is 4.79 Å². The molecule has 0 N–H and O–H groups in total. The van der Waals surface area contributed by atoms with Crippen LogP contribution in [0.3, 0.4) is 0 Å². The largest absolute Gasteiger partial charge is 0.465 e. The first-order valence-corrected chi connectivity index (χ1v) is 7.67. The third-order valence-corrected chi connectivity index (χ3v) is 4.19. The number of halogens is 1. The van der Waals surface area contributed by atoms with Crippen molar-refractivity contribution >= 4 is 21.9 Å². The lowest BCUT2D eigenvalue weighted by Gasteiger charge is -2.34. The Balaban J connectivity index is 2.09. The summed E-state index contributed by atoms with van der Waals surface area (Å²) in [6, 6.07) is 3.84. The van der Waals surface area contributed by atoms with Crippen molar-refractivity contribution in [3.8, 4) is 0 Å². The van der Waals surface area contributed by atoms with Crippen molar-refractivity contribution in [3.05, 3.63) is 28.5 Å². The molecule has 0 bridgehead atoms. The molecule has 19 heavy (non-hydrogen) atoms. The van der Waals surface area contributed by atoms with Gasteiger partial charge >= 0.3 is 5.97 Å². The van der Waals surface area contributed by atoms with Crippen LogP contribution >= 0.6 is 15.9 Å². The zero-order chi connectivity index (χ0) is 13.8. The molecule has 0 amide bonds. The summed E-state index contributed by atoms with van der Waals surface area (Å²) >= 11 is 3.37. The summed E-state index contributed by atoms with van der Waals surface area (Å²) in [6.07, 6.45) is 5.03. The van der Waals surface area contributed by atoms with Crippen LogP contribution in [-0.2, 0) is 9.53 Å². The predicted molar refractivity (Wildman–Crippen MR) is 77.8 cm³/mol. The third kappa shape index (κ3) is 3.78. The van der Waals surface area contributed by atoms with Gasteiger partial charge in [0.1, 0.15) is 0 Å². The maximum absolute atomic E-state index is 12.1. The van der Waals surface area contributed by atoms with Crippen molar-refractivity contribution in [2.24, 2.45) is 11.8 Å². The summed E-state index contributed by atoms with van der Waals surface area (Å²) in [5, 5.41) is 0. The molecule has 1 aromatic heterocycles. The fourth-order valence-electron chi connectivity index (χ4n) is 2.77. The van der Waals surface area contributed by atoms with E-state index in [1.165, 1.54) is 12.8 Å². The van der Waals surface area contributed by atoms with Crippen LogP contribution < -0.4 is 0 Å². The second kappa shape index (κ2) is 6.51. The molecule has 1 heterocycles. The molecule has 104 valence electrons. The molecule has 0 radical (unpaired) electrons. The summed E-state index contributed by atoms with van der Waals surface area (Å²) < 4.78 is 6.12. The van der Waals surface area contributed by atoms with E-state index in [2.05, 4.69) is 27.8 Å². The smallest absolute Gasteiger partial charge is 0.315 e. The Hall–Kier alpha value is -0.900. The number of nitrogens with zero attached hydrogens (tertiary/aromatic N) is 1. The Morgan fingerprint density at radius 3 is 2.79 bits per heavy atom. The van der Waals surface area contributed by atoms with Gasteiger partial charge in [-0.3, -0.25) is 9.78 Å². The van der Waals surface area contributed by atoms with Gasteiger partial charge in [0.2, 0.25) is 0 Å². The Morgan fingerprint density at radius 2 is 2.26 bits per heavy atom. The summed E-state index contributed by atoms with van der Waals surface area (Å²) in [4.78, 5) is 16.5. The zero-order valence-electron chi connectivity index (χ0n) is 11.4. The van der Waals surface area contributed by atoms with Crippen molar-refractivity contribution in [1.29, 1.82) is 0 Å². The maximum Gasteiger partial charge on any atom is 0.315 e. The average molecular weight is 326 g/mol.